The van der Waals surface area contributed by atoms with Gasteiger partial charge < -0.3 is 9.47 Å². The van der Waals surface area contributed by atoms with Gasteiger partial charge in [0.25, 0.3) is 5.91 Å². The van der Waals surface area contributed by atoms with E-state index in [2.05, 4.69) is 33.1 Å². The first-order valence-corrected chi connectivity index (χ1v) is 10.7. The first kappa shape index (κ1) is 22.1. The van der Waals surface area contributed by atoms with Crippen LogP contribution in [0.4, 0.5) is 0 Å². The molecule has 0 aliphatic heterocycles. The molecule has 154 valence electrons. The molecule has 0 aromatic heterocycles. The summed E-state index contributed by atoms with van der Waals surface area (Å²) < 4.78 is 12.7. The molecule has 0 saturated heterocycles. The minimum Gasteiger partial charge on any atom is -0.490 e. The minimum absolute atomic E-state index is 0.314. The zero-order chi connectivity index (χ0) is 21.3. The van der Waals surface area contributed by atoms with Gasteiger partial charge in [0, 0.05) is 10.6 Å². The Balaban J connectivity index is 1.71. The molecule has 0 spiro atoms. The van der Waals surface area contributed by atoms with Gasteiger partial charge in [-0.1, -0.05) is 41.9 Å². The van der Waals surface area contributed by atoms with Crippen LogP contribution in [0.5, 0.6) is 11.5 Å². The predicted octanol–water partition coefficient (Wildman–Crippen LogP) is 5.69. The number of benzene rings is 3. The lowest BCUT2D eigenvalue weighted by Gasteiger charge is -2.14. The van der Waals surface area contributed by atoms with Crippen molar-refractivity contribution >= 4 is 46.3 Å². The standard InChI is InChI=1S/C23H20ClIN2O3/c1-2-29-21-13-17(14-26-27-23(28)18-8-10-19(24)11-9-18)12-20(25)22(21)30-15-16-6-4-3-5-7-16/h3-14H,2,15H2,1H3,(H,27,28)/b26-14+. The Hall–Kier alpha value is -2.58. The molecule has 0 bridgehead atoms. The fourth-order valence-corrected chi connectivity index (χ4v) is 3.53. The van der Waals surface area contributed by atoms with E-state index in [4.69, 9.17) is 21.1 Å². The highest BCUT2D eigenvalue weighted by Gasteiger charge is 2.12. The second-order valence-corrected chi connectivity index (χ2v) is 7.84. The molecule has 0 saturated carbocycles. The van der Waals surface area contributed by atoms with Crippen molar-refractivity contribution in [2.75, 3.05) is 6.61 Å². The summed E-state index contributed by atoms with van der Waals surface area (Å²) in [5.74, 6) is 1.000. The van der Waals surface area contributed by atoms with Gasteiger partial charge in [-0.15, -0.1) is 0 Å². The first-order chi connectivity index (χ1) is 14.6. The summed E-state index contributed by atoms with van der Waals surface area (Å²) in [6, 6.07) is 20.3. The lowest BCUT2D eigenvalue weighted by Crippen LogP contribution is -2.17. The van der Waals surface area contributed by atoms with Crippen molar-refractivity contribution in [3.8, 4) is 11.5 Å². The van der Waals surface area contributed by atoms with Crippen LogP contribution in [0.15, 0.2) is 71.8 Å². The zero-order valence-corrected chi connectivity index (χ0v) is 19.2. The highest BCUT2D eigenvalue weighted by atomic mass is 127. The maximum atomic E-state index is 12.1. The molecule has 3 aromatic carbocycles. The second kappa shape index (κ2) is 11.0. The number of amides is 1. The molecule has 0 aliphatic carbocycles. The summed E-state index contributed by atoms with van der Waals surface area (Å²) in [7, 11) is 0. The molecule has 0 unspecified atom stereocenters. The van der Waals surface area contributed by atoms with Gasteiger partial charge >= 0.3 is 0 Å². The molecule has 0 atom stereocenters. The van der Waals surface area contributed by atoms with Crippen LogP contribution in [0.1, 0.15) is 28.4 Å². The van der Waals surface area contributed by atoms with E-state index < -0.39 is 0 Å². The summed E-state index contributed by atoms with van der Waals surface area (Å²) in [5, 5.41) is 4.62. The Bertz CT molecular complexity index is 1020. The van der Waals surface area contributed by atoms with Crippen LogP contribution >= 0.6 is 34.2 Å². The van der Waals surface area contributed by atoms with Crippen molar-refractivity contribution in [2.45, 2.75) is 13.5 Å². The summed E-state index contributed by atoms with van der Waals surface area (Å²) in [5.41, 5.74) is 4.85. The largest absolute Gasteiger partial charge is 0.490 e. The van der Waals surface area contributed by atoms with E-state index in [1.165, 1.54) is 0 Å². The maximum absolute atomic E-state index is 12.1. The van der Waals surface area contributed by atoms with E-state index in [9.17, 15) is 4.79 Å². The number of hydrazone groups is 1. The van der Waals surface area contributed by atoms with E-state index in [0.717, 1.165) is 14.7 Å². The molecule has 3 aromatic rings. The van der Waals surface area contributed by atoms with Gasteiger partial charge in [0.05, 0.1) is 16.4 Å². The van der Waals surface area contributed by atoms with E-state index >= 15 is 0 Å². The average molecular weight is 535 g/mol. The van der Waals surface area contributed by atoms with Gasteiger partial charge in [0.2, 0.25) is 0 Å². The Morgan fingerprint density at radius 2 is 1.83 bits per heavy atom. The highest BCUT2D eigenvalue weighted by Crippen LogP contribution is 2.34. The van der Waals surface area contributed by atoms with Gasteiger partial charge in [0.15, 0.2) is 11.5 Å². The normalized spacial score (nSPS) is 10.8. The zero-order valence-electron chi connectivity index (χ0n) is 16.3. The highest BCUT2D eigenvalue weighted by molar-refractivity contribution is 14.1. The minimum atomic E-state index is -0.314. The molecule has 0 aliphatic rings. The number of halogens is 2. The van der Waals surface area contributed by atoms with Gasteiger partial charge in [-0.2, -0.15) is 5.10 Å². The number of nitrogens with one attached hydrogen (secondary N) is 1. The van der Waals surface area contributed by atoms with Crippen LogP contribution in [-0.4, -0.2) is 18.7 Å². The second-order valence-electron chi connectivity index (χ2n) is 6.24. The molecule has 1 N–H and O–H groups in total. The fraction of sp³-hybridized carbons (Fsp3) is 0.130. The molecule has 0 heterocycles. The third-order valence-corrected chi connectivity index (χ3v) is 5.10. The first-order valence-electron chi connectivity index (χ1n) is 9.29. The predicted molar refractivity (Wildman–Crippen MR) is 128 cm³/mol. The van der Waals surface area contributed by atoms with Gasteiger partial charge in [-0.25, -0.2) is 5.43 Å². The number of carbonyl (C=O) groups is 1. The number of ether oxygens (including phenoxy) is 2. The Labute approximate surface area is 194 Å². The molecular weight excluding hydrogens is 515 g/mol. The molecular formula is C23H20ClIN2O3. The molecule has 7 heteroatoms. The molecule has 1 amide bonds. The smallest absolute Gasteiger partial charge is 0.271 e. The van der Waals surface area contributed by atoms with E-state index in [1.807, 2.05) is 49.4 Å². The molecule has 0 fully saturated rings. The Kier molecular flexibility index (Phi) is 8.10. The van der Waals surface area contributed by atoms with E-state index in [-0.39, 0.29) is 5.91 Å². The van der Waals surface area contributed by atoms with E-state index in [0.29, 0.717) is 35.3 Å². The molecule has 30 heavy (non-hydrogen) atoms. The lowest BCUT2D eigenvalue weighted by atomic mass is 10.2. The molecule has 3 rings (SSSR count). The summed E-state index contributed by atoms with van der Waals surface area (Å²) in [6.07, 6.45) is 1.57. The Morgan fingerprint density at radius 3 is 2.53 bits per heavy atom. The number of nitrogens with zero attached hydrogens (tertiary/aromatic N) is 1. The van der Waals surface area contributed by atoms with Crippen molar-refractivity contribution in [2.24, 2.45) is 5.10 Å². The summed E-state index contributed by atoms with van der Waals surface area (Å²) >= 11 is 8.05. The van der Waals surface area contributed by atoms with Gasteiger partial charge in [-0.3, -0.25) is 4.79 Å². The maximum Gasteiger partial charge on any atom is 0.271 e. The topological polar surface area (TPSA) is 59.9 Å². The quantitative estimate of drug-likeness (QED) is 0.230. The van der Waals surface area contributed by atoms with Crippen molar-refractivity contribution in [3.63, 3.8) is 0 Å². The van der Waals surface area contributed by atoms with Crippen LogP contribution < -0.4 is 14.9 Å². The lowest BCUT2D eigenvalue weighted by molar-refractivity contribution is 0.0955. The third-order valence-electron chi connectivity index (χ3n) is 4.04. The van der Waals surface area contributed by atoms with Crippen molar-refractivity contribution < 1.29 is 14.3 Å². The molecule has 0 radical (unpaired) electrons. The number of carbonyl (C=O) groups excluding carboxylic acids is 1. The van der Waals surface area contributed by atoms with Crippen LogP contribution in [0, 0.1) is 3.57 Å². The number of hydrogen-bond donors (Lipinski definition) is 1. The monoisotopic (exact) mass is 534 g/mol. The SMILES string of the molecule is CCOc1cc(/C=N/NC(=O)c2ccc(Cl)cc2)cc(I)c1OCc1ccccc1. The Morgan fingerprint density at radius 1 is 1.10 bits per heavy atom. The third kappa shape index (κ3) is 6.21. The molecule has 5 nitrogen and oxygen atoms in total. The van der Waals surface area contributed by atoms with Gasteiger partial charge in [-0.05, 0) is 77.0 Å². The van der Waals surface area contributed by atoms with Gasteiger partial charge in [0.1, 0.15) is 6.61 Å². The van der Waals surface area contributed by atoms with Crippen LogP contribution in [-0.2, 0) is 6.61 Å². The fourth-order valence-electron chi connectivity index (χ4n) is 2.63. The summed E-state index contributed by atoms with van der Waals surface area (Å²) in [6.45, 7) is 2.87. The van der Waals surface area contributed by atoms with Crippen LogP contribution in [0.25, 0.3) is 0 Å². The average Bonchev–Trinajstić information content (AvgIpc) is 2.74. The number of rotatable bonds is 8. The van der Waals surface area contributed by atoms with Crippen molar-refractivity contribution in [1.29, 1.82) is 0 Å². The number of hydrogen-bond acceptors (Lipinski definition) is 4. The van der Waals surface area contributed by atoms with Crippen LogP contribution in [0.2, 0.25) is 5.02 Å². The van der Waals surface area contributed by atoms with Crippen molar-refractivity contribution in [1.82, 2.24) is 5.43 Å². The van der Waals surface area contributed by atoms with Crippen LogP contribution in [0.3, 0.4) is 0 Å². The van der Waals surface area contributed by atoms with Crippen molar-refractivity contribution in [3.05, 3.63) is 92.0 Å². The van der Waals surface area contributed by atoms with E-state index in [1.54, 1.807) is 30.5 Å². The summed E-state index contributed by atoms with van der Waals surface area (Å²) in [4.78, 5) is 12.1.